The summed E-state index contributed by atoms with van der Waals surface area (Å²) in [6, 6.07) is 2.11. The summed E-state index contributed by atoms with van der Waals surface area (Å²) in [5, 5.41) is 2.05. The topological polar surface area (TPSA) is 12.4 Å². The highest BCUT2D eigenvalue weighted by atomic mass is 32.1. The lowest BCUT2D eigenvalue weighted by Gasteiger charge is -2.25. The van der Waals surface area contributed by atoms with Crippen molar-refractivity contribution in [2.45, 2.75) is 64.7 Å². The Morgan fingerprint density at radius 3 is 2.52 bits per heavy atom. The van der Waals surface area contributed by atoms with Crippen LogP contribution >= 0.6 is 12.2 Å². The number of hydrogen-bond acceptors (Lipinski definition) is 2. The lowest BCUT2D eigenvalue weighted by atomic mass is 9.80. The van der Waals surface area contributed by atoms with Crippen molar-refractivity contribution in [3.8, 4) is 11.8 Å². The largest absolute Gasteiger partial charge is 0.206 e. The molecule has 1 nitrogen and oxygen atoms in total. The first-order valence-electron chi connectivity index (χ1n) is 9.22. The van der Waals surface area contributed by atoms with E-state index in [1.54, 1.807) is 0 Å². The molecule has 0 aliphatic heterocycles. The third-order valence-electron chi connectivity index (χ3n) is 4.93. The second-order valence-corrected chi connectivity index (χ2v) is 7.01. The number of nitrogens with zero attached hydrogens (tertiary/aromatic N) is 1. The fraction of sp³-hybridized carbons (Fsp3) is 0.571. The number of hydrogen-bond donors (Lipinski definition) is 0. The van der Waals surface area contributed by atoms with Crippen molar-refractivity contribution >= 4 is 23.1 Å². The van der Waals surface area contributed by atoms with E-state index < -0.39 is 11.6 Å². The van der Waals surface area contributed by atoms with Crippen LogP contribution in [-0.4, -0.2) is 5.16 Å². The summed E-state index contributed by atoms with van der Waals surface area (Å²) in [6.07, 6.45) is 11.1. The van der Waals surface area contributed by atoms with Gasteiger partial charge in [0.1, 0.15) is 11.5 Å². The summed E-state index contributed by atoms with van der Waals surface area (Å²) in [7, 11) is 0. The fourth-order valence-electron chi connectivity index (χ4n) is 3.40. The number of benzene rings is 1. The highest BCUT2D eigenvalue weighted by molar-refractivity contribution is 7.78. The van der Waals surface area contributed by atoms with Crippen molar-refractivity contribution in [3.05, 3.63) is 29.3 Å². The maximum Gasteiger partial charge on any atom is 0.151 e. The van der Waals surface area contributed by atoms with E-state index in [0.29, 0.717) is 0 Å². The van der Waals surface area contributed by atoms with Crippen LogP contribution in [0.3, 0.4) is 0 Å². The number of halogens is 2. The van der Waals surface area contributed by atoms with Crippen molar-refractivity contribution < 1.29 is 8.78 Å². The average molecular weight is 362 g/mol. The molecule has 1 fully saturated rings. The standard InChI is InChI=1S/C21H25F2NS/c1-2-3-4-5-6-16-7-9-17(10-8-16)11-12-18-13-20(23)21(24-15-25)14-19(18)22/h13-14,16-17H,2-10H2,1H3. The van der Waals surface area contributed by atoms with Crippen molar-refractivity contribution in [3.63, 3.8) is 0 Å². The van der Waals surface area contributed by atoms with E-state index in [4.69, 9.17) is 0 Å². The van der Waals surface area contributed by atoms with Crippen molar-refractivity contribution in [2.24, 2.45) is 16.8 Å². The van der Waals surface area contributed by atoms with Gasteiger partial charge in [-0.25, -0.2) is 8.78 Å². The molecule has 1 aliphatic carbocycles. The molecule has 0 spiro atoms. The van der Waals surface area contributed by atoms with Crippen LogP contribution < -0.4 is 0 Å². The second kappa shape index (κ2) is 10.4. The number of unbranched alkanes of at least 4 members (excludes halogenated alkanes) is 3. The van der Waals surface area contributed by atoms with Gasteiger partial charge in [0.15, 0.2) is 5.82 Å². The molecule has 0 N–H and O–H groups in total. The van der Waals surface area contributed by atoms with Crippen LogP contribution in [0.4, 0.5) is 14.5 Å². The normalized spacial score (nSPS) is 19.6. The fourth-order valence-corrected chi connectivity index (χ4v) is 3.50. The monoisotopic (exact) mass is 361 g/mol. The zero-order valence-electron chi connectivity index (χ0n) is 14.8. The van der Waals surface area contributed by atoms with E-state index in [2.05, 4.69) is 36.0 Å². The Morgan fingerprint density at radius 2 is 1.84 bits per heavy atom. The van der Waals surface area contributed by atoms with Gasteiger partial charge in [0.05, 0.1) is 10.7 Å². The zero-order chi connectivity index (χ0) is 18.1. The van der Waals surface area contributed by atoms with Crippen LogP contribution in [0.5, 0.6) is 0 Å². The van der Waals surface area contributed by atoms with Gasteiger partial charge < -0.3 is 0 Å². The SMILES string of the molecule is CCCCCCC1CCC(C#Cc2cc(F)c(N=C=S)cc2F)CC1. The second-order valence-electron chi connectivity index (χ2n) is 6.82. The van der Waals surface area contributed by atoms with Crippen LogP contribution in [0.25, 0.3) is 0 Å². The molecular weight excluding hydrogens is 336 g/mol. The third-order valence-corrected chi connectivity index (χ3v) is 5.02. The molecule has 0 aromatic heterocycles. The first kappa shape index (κ1) is 19.8. The van der Waals surface area contributed by atoms with Crippen LogP contribution in [0.1, 0.15) is 70.3 Å². The van der Waals surface area contributed by atoms with E-state index in [-0.39, 0.29) is 17.2 Å². The summed E-state index contributed by atoms with van der Waals surface area (Å²) in [4.78, 5) is 3.50. The minimum atomic E-state index is -0.626. The molecule has 4 heteroatoms. The smallest absolute Gasteiger partial charge is 0.151 e. The molecule has 2 rings (SSSR count). The summed E-state index contributed by atoms with van der Waals surface area (Å²) in [5.74, 6) is 5.85. The number of isothiocyanates is 1. The molecule has 0 unspecified atom stereocenters. The van der Waals surface area contributed by atoms with Crippen molar-refractivity contribution in [2.75, 3.05) is 0 Å². The maximum absolute atomic E-state index is 14.0. The Morgan fingerprint density at radius 1 is 1.08 bits per heavy atom. The molecular formula is C21H25F2NS. The Labute approximate surface area is 154 Å². The number of aliphatic imine (C=N–C) groups is 1. The van der Waals surface area contributed by atoms with E-state index in [1.165, 1.54) is 44.9 Å². The molecule has 0 amide bonds. The molecule has 1 aromatic rings. The van der Waals surface area contributed by atoms with Crippen LogP contribution in [0, 0.1) is 35.3 Å². The molecule has 1 aliphatic rings. The van der Waals surface area contributed by atoms with Gasteiger partial charge in [-0.2, -0.15) is 4.99 Å². The summed E-state index contributed by atoms with van der Waals surface area (Å²) in [6.45, 7) is 2.23. The Balaban J connectivity index is 1.88. The van der Waals surface area contributed by atoms with Gasteiger partial charge in [-0.05, 0) is 49.9 Å². The van der Waals surface area contributed by atoms with Crippen LogP contribution in [0.2, 0.25) is 0 Å². The van der Waals surface area contributed by atoms with Gasteiger partial charge >= 0.3 is 0 Å². The Kier molecular flexibility index (Phi) is 8.25. The van der Waals surface area contributed by atoms with Gasteiger partial charge in [-0.1, -0.05) is 50.9 Å². The quantitative estimate of drug-likeness (QED) is 0.234. The Bertz CT molecular complexity index is 675. The summed E-state index contributed by atoms with van der Waals surface area (Å²) in [5.41, 5.74) is -0.0517. The first-order chi connectivity index (χ1) is 12.1. The average Bonchev–Trinajstić information content (AvgIpc) is 2.61. The predicted molar refractivity (Wildman–Crippen MR) is 102 cm³/mol. The minimum absolute atomic E-state index is 0.0857. The van der Waals surface area contributed by atoms with E-state index >= 15 is 0 Å². The van der Waals surface area contributed by atoms with Crippen molar-refractivity contribution in [1.29, 1.82) is 0 Å². The zero-order valence-corrected chi connectivity index (χ0v) is 15.6. The summed E-state index contributed by atoms with van der Waals surface area (Å²) >= 11 is 4.42. The first-order valence-corrected chi connectivity index (χ1v) is 9.63. The van der Waals surface area contributed by atoms with E-state index in [1.807, 2.05) is 5.16 Å². The molecule has 25 heavy (non-hydrogen) atoms. The lowest BCUT2D eigenvalue weighted by Crippen LogP contribution is -2.13. The lowest BCUT2D eigenvalue weighted by molar-refractivity contribution is 0.294. The minimum Gasteiger partial charge on any atom is -0.206 e. The predicted octanol–water partition coefficient (Wildman–Crippen LogP) is 6.83. The highest BCUT2D eigenvalue weighted by Crippen LogP contribution is 2.32. The molecule has 1 aromatic carbocycles. The van der Waals surface area contributed by atoms with Gasteiger partial charge in [-0.3, -0.25) is 0 Å². The van der Waals surface area contributed by atoms with Gasteiger partial charge in [0.2, 0.25) is 0 Å². The molecule has 0 atom stereocenters. The number of rotatable bonds is 6. The van der Waals surface area contributed by atoms with Gasteiger partial charge in [0, 0.05) is 12.0 Å². The van der Waals surface area contributed by atoms with Crippen molar-refractivity contribution in [1.82, 2.24) is 0 Å². The molecule has 0 saturated heterocycles. The van der Waals surface area contributed by atoms with Gasteiger partial charge in [0.25, 0.3) is 0 Å². The molecule has 0 heterocycles. The van der Waals surface area contributed by atoms with E-state index in [9.17, 15) is 8.78 Å². The number of thiocarbonyl (C=S) groups is 1. The molecule has 1 saturated carbocycles. The highest BCUT2D eigenvalue weighted by Gasteiger charge is 2.19. The maximum atomic E-state index is 14.0. The van der Waals surface area contributed by atoms with E-state index in [0.717, 1.165) is 30.9 Å². The Hall–Kier alpha value is -1.56. The molecule has 0 bridgehead atoms. The molecule has 134 valence electrons. The van der Waals surface area contributed by atoms with Crippen LogP contribution in [-0.2, 0) is 0 Å². The summed E-state index contributed by atoms with van der Waals surface area (Å²) < 4.78 is 27.8. The van der Waals surface area contributed by atoms with Crippen LogP contribution in [0.15, 0.2) is 17.1 Å². The third kappa shape index (κ3) is 6.34. The van der Waals surface area contributed by atoms with Gasteiger partial charge in [-0.15, -0.1) is 0 Å². The molecule has 0 radical (unpaired) electrons.